The molecule has 0 aliphatic carbocycles. The average Bonchev–Trinajstić information content (AvgIpc) is 2.40. The van der Waals surface area contributed by atoms with Gasteiger partial charge in [-0.15, -0.1) is 0 Å². The van der Waals surface area contributed by atoms with E-state index in [2.05, 4.69) is 5.32 Å². The van der Waals surface area contributed by atoms with Crippen LogP contribution >= 0.6 is 15.2 Å². The number of hydrogen-bond acceptors (Lipinski definition) is 5. The molecule has 0 bridgehead atoms. The second kappa shape index (κ2) is 11.0. The van der Waals surface area contributed by atoms with Gasteiger partial charge in [-0.1, -0.05) is 18.2 Å². The van der Waals surface area contributed by atoms with E-state index in [-0.39, 0.29) is 36.1 Å². The third-order valence-electron chi connectivity index (χ3n) is 2.79. The molecule has 1 aromatic carbocycles. The third kappa shape index (κ3) is 9.99. The van der Waals surface area contributed by atoms with E-state index in [9.17, 15) is 14.0 Å². The summed E-state index contributed by atoms with van der Waals surface area (Å²) in [6, 6.07) is 9.26. The molecule has 1 rings (SSSR count). The quantitative estimate of drug-likeness (QED) is 0.206. The number of unbranched alkanes of at least 4 members (excludes halogenated alkanes) is 2. The number of para-hydroxylation sites is 1. The van der Waals surface area contributed by atoms with Crippen LogP contribution in [0.25, 0.3) is 0 Å². The summed E-state index contributed by atoms with van der Waals surface area (Å²) in [4.78, 5) is 37.5. The Morgan fingerprint density at radius 2 is 1.70 bits per heavy atom. The summed E-state index contributed by atoms with van der Waals surface area (Å²) in [5.74, 6) is 0.759. The molecular weight excluding hydrogens is 355 g/mol. The first-order valence-corrected chi connectivity index (χ1v) is 10.0. The van der Waals surface area contributed by atoms with E-state index in [0.717, 1.165) is 5.75 Å². The Hall–Kier alpha value is 0.280. The Morgan fingerprint density at radius 3 is 2.22 bits per heavy atom. The van der Waals surface area contributed by atoms with Crippen molar-refractivity contribution in [3.63, 3.8) is 0 Å². The summed E-state index contributed by atoms with van der Waals surface area (Å²) in [5, 5.41) is 2.18. The monoisotopic (exact) mass is 375 g/mol. The van der Waals surface area contributed by atoms with Crippen molar-refractivity contribution in [3.8, 4) is 5.75 Å². The van der Waals surface area contributed by atoms with Gasteiger partial charge in [0.1, 0.15) is 5.75 Å². The van der Waals surface area contributed by atoms with Crippen LogP contribution in [0.2, 0.25) is 0 Å². The van der Waals surface area contributed by atoms with Gasteiger partial charge in [0.15, 0.2) is 13.1 Å². The summed E-state index contributed by atoms with van der Waals surface area (Å²) in [5.41, 5.74) is -2.25. The number of ether oxygens (including phenoxy) is 1. The van der Waals surface area contributed by atoms with E-state index in [0.29, 0.717) is 25.9 Å². The molecule has 0 spiro atoms. The van der Waals surface area contributed by atoms with Crippen LogP contribution in [0.3, 0.4) is 0 Å². The summed E-state index contributed by atoms with van der Waals surface area (Å²) < 4.78 is 27.4. The van der Waals surface area contributed by atoms with E-state index in [1.807, 2.05) is 30.3 Å². The zero-order valence-electron chi connectivity index (χ0n) is 12.9. The van der Waals surface area contributed by atoms with Crippen LogP contribution in [0, 0.1) is 0 Å². The van der Waals surface area contributed by atoms with E-state index in [1.165, 1.54) is 0 Å². The predicted molar refractivity (Wildman–Crippen MR) is 79.4 cm³/mol. The molecule has 23 heavy (non-hydrogen) atoms. The largest absolute Gasteiger partial charge is 1.00 e. The van der Waals surface area contributed by atoms with E-state index < -0.39 is 20.7 Å². The summed E-state index contributed by atoms with van der Waals surface area (Å²) >= 11 is 0. The molecule has 0 amide bonds. The van der Waals surface area contributed by atoms with E-state index in [1.54, 1.807) is 0 Å². The Balaban J connectivity index is 0.00000484. The van der Waals surface area contributed by atoms with Crippen LogP contribution in [0.1, 0.15) is 19.3 Å². The Labute approximate surface area is 157 Å². The van der Waals surface area contributed by atoms with Gasteiger partial charge in [-0.2, -0.15) is 0 Å². The first kappa shape index (κ1) is 23.3. The molecule has 2 unspecified atom stereocenters. The Bertz CT molecular complexity index is 511. The summed E-state index contributed by atoms with van der Waals surface area (Å²) in [6.07, 6.45) is 1.89. The van der Waals surface area contributed by atoms with Gasteiger partial charge in [0.25, 0.3) is 0 Å². The van der Waals surface area contributed by atoms with Crippen molar-refractivity contribution in [2.45, 2.75) is 24.8 Å². The second-order valence-electron chi connectivity index (χ2n) is 4.70. The van der Waals surface area contributed by atoms with Gasteiger partial charge in [-0.3, -0.25) is 9.88 Å². The van der Waals surface area contributed by atoms with Crippen molar-refractivity contribution >= 4 is 15.2 Å². The third-order valence-corrected chi connectivity index (χ3v) is 6.19. The molecule has 0 aromatic heterocycles. The fourth-order valence-corrected chi connectivity index (χ4v) is 4.01. The molecule has 4 N–H and O–H groups in total. The van der Waals surface area contributed by atoms with Gasteiger partial charge in [0.2, 0.25) is 0 Å². The maximum atomic E-state index is 11.0. The molecule has 2 atom stereocenters. The molecule has 0 aliphatic heterocycles. The van der Waals surface area contributed by atoms with Crippen LogP contribution in [0.15, 0.2) is 30.3 Å². The molecule has 0 saturated heterocycles. The van der Waals surface area contributed by atoms with Crippen molar-refractivity contribution in [1.29, 1.82) is 0 Å². The Morgan fingerprint density at radius 1 is 1.09 bits per heavy atom. The van der Waals surface area contributed by atoms with Crippen LogP contribution in [0.5, 0.6) is 5.75 Å². The van der Waals surface area contributed by atoms with Crippen molar-refractivity contribution in [1.82, 2.24) is 5.32 Å². The second-order valence-corrected chi connectivity index (χ2v) is 8.45. The number of nitrogens with one attached hydrogen (secondary N) is 1. The molecule has 0 radical (unpaired) electrons. The van der Waals surface area contributed by atoms with Gasteiger partial charge in [0.05, 0.1) is 6.61 Å². The molecule has 8 nitrogen and oxygen atoms in total. The van der Waals surface area contributed by atoms with Gasteiger partial charge >= 0.3 is 37.2 Å². The topological polar surface area (TPSA) is 139 Å². The summed E-state index contributed by atoms with van der Waals surface area (Å²) in [7, 11) is -10.1. The first-order chi connectivity index (χ1) is 10.2. The maximum Gasteiger partial charge on any atom is 1.00 e. The molecule has 11 heteroatoms. The fraction of sp³-hybridized carbons (Fsp3) is 0.500. The van der Waals surface area contributed by atoms with Gasteiger partial charge in [-0.25, -0.2) is 0 Å². The number of hydrogen-bond donors (Lipinski definition) is 4. The van der Waals surface area contributed by atoms with Crippen LogP contribution in [-0.4, -0.2) is 33.4 Å². The number of benzene rings is 1. The molecule has 1 aromatic rings. The molecular formula is C12H20NNaO7P2. The average molecular weight is 375 g/mol. The zero-order valence-corrected chi connectivity index (χ0v) is 16.7. The first-order valence-electron chi connectivity index (χ1n) is 6.71. The van der Waals surface area contributed by atoms with Gasteiger partial charge in [-0.05, 0) is 37.9 Å². The van der Waals surface area contributed by atoms with Gasteiger partial charge < -0.3 is 28.9 Å². The predicted octanol–water partition coefficient (Wildman–Crippen LogP) is -2.16. The minimum absolute atomic E-state index is 0. The normalized spacial score (nSPS) is 15.3. The van der Waals surface area contributed by atoms with Crippen molar-refractivity contribution in [3.05, 3.63) is 30.3 Å². The maximum absolute atomic E-state index is 11.0. The number of rotatable bonds is 10. The smallest absolute Gasteiger partial charge is 0.777 e. The zero-order chi connectivity index (χ0) is 16.6. The SMILES string of the molecule is O=P([O-])(O)C(NCCCCCOc1ccccc1)P(=O)(O)O.[Na+]. The van der Waals surface area contributed by atoms with Crippen molar-refractivity contribution < 1.29 is 63.0 Å². The minimum atomic E-state index is -5.15. The molecule has 0 saturated carbocycles. The molecule has 126 valence electrons. The van der Waals surface area contributed by atoms with Crippen molar-refractivity contribution in [2.24, 2.45) is 0 Å². The molecule has 0 fully saturated rings. The standard InChI is InChI=1S/C12H21NO7P2.Na/c14-21(15,16)12(22(17,18)19)13-9-5-2-6-10-20-11-7-3-1-4-8-11;/h1,3-4,7-8,12-13H,2,5-6,9-10H2,(H2,14,15,16)(H2,17,18,19);/q;+1/p-1. The van der Waals surface area contributed by atoms with Crippen LogP contribution in [-0.2, 0) is 9.13 Å². The van der Waals surface area contributed by atoms with Crippen LogP contribution in [0.4, 0.5) is 0 Å². The van der Waals surface area contributed by atoms with Crippen molar-refractivity contribution in [2.75, 3.05) is 13.2 Å². The van der Waals surface area contributed by atoms with Crippen LogP contribution < -0.4 is 44.5 Å². The fourth-order valence-electron chi connectivity index (χ4n) is 1.77. The van der Waals surface area contributed by atoms with Gasteiger partial charge in [0, 0.05) is 0 Å². The Kier molecular flexibility index (Phi) is 11.1. The molecule has 0 aliphatic rings. The van der Waals surface area contributed by atoms with E-state index in [4.69, 9.17) is 19.4 Å². The minimum Gasteiger partial charge on any atom is -0.777 e. The van der Waals surface area contributed by atoms with E-state index >= 15 is 0 Å². The summed E-state index contributed by atoms with van der Waals surface area (Å²) in [6.45, 7) is 0.555. The molecule has 0 heterocycles.